The van der Waals surface area contributed by atoms with E-state index in [2.05, 4.69) is 21.2 Å². The summed E-state index contributed by atoms with van der Waals surface area (Å²) in [6.45, 7) is 0. The van der Waals surface area contributed by atoms with E-state index in [9.17, 15) is 9.00 Å². The van der Waals surface area contributed by atoms with Crippen LogP contribution in [0, 0.1) is 11.3 Å². The Morgan fingerprint density at radius 3 is 2.57 bits per heavy atom. The van der Waals surface area contributed by atoms with Gasteiger partial charge in [-0.3, -0.25) is 9.00 Å². The molecule has 6 heteroatoms. The molecule has 0 heterocycles. The van der Waals surface area contributed by atoms with Gasteiger partial charge in [-0.25, -0.2) is 0 Å². The van der Waals surface area contributed by atoms with Crippen molar-refractivity contribution in [1.82, 2.24) is 0 Å². The maximum Gasteiger partial charge on any atom is 0.237 e. The number of rotatable bonds is 4. The zero-order chi connectivity index (χ0) is 15.2. The molecule has 0 bridgehead atoms. The molecule has 0 radical (unpaired) electrons. The number of amides is 1. The molecule has 21 heavy (non-hydrogen) atoms. The number of carbonyl (C=O) groups excluding carboxylic acids is 1. The van der Waals surface area contributed by atoms with E-state index in [0.717, 1.165) is 0 Å². The average Bonchev–Trinajstić information content (AvgIpc) is 2.48. The van der Waals surface area contributed by atoms with Crippen molar-refractivity contribution in [2.75, 3.05) is 11.1 Å². The summed E-state index contributed by atoms with van der Waals surface area (Å²) >= 11 is 3.31. The smallest absolute Gasteiger partial charge is 0.237 e. The molecule has 0 aliphatic carbocycles. The summed E-state index contributed by atoms with van der Waals surface area (Å²) in [6, 6.07) is 15.7. The number of halogens is 1. The first-order valence-corrected chi connectivity index (χ1v) is 8.15. The fourth-order valence-corrected chi connectivity index (χ4v) is 3.51. The summed E-state index contributed by atoms with van der Waals surface area (Å²) in [5, 5.41) is 11.6. The summed E-state index contributed by atoms with van der Waals surface area (Å²) in [4.78, 5) is 12.5. The fourth-order valence-electron chi connectivity index (χ4n) is 1.70. The number of hydrogen-bond donors (Lipinski definition) is 1. The third-order valence-corrected chi connectivity index (χ3v) is 4.99. The number of hydrogen-bond acceptors (Lipinski definition) is 3. The van der Waals surface area contributed by atoms with Gasteiger partial charge in [-0.2, -0.15) is 5.26 Å². The van der Waals surface area contributed by atoms with Gasteiger partial charge in [-0.05, 0) is 40.2 Å². The molecule has 2 rings (SSSR count). The van der Waals surface area contributed by atoms with E-state index in [1.807, 2.05) is 12.1 Å². The van der Waals surface area contributed by atoms with Crippen molar-refractivity contribution in [2.45, 2.75) is 4.90 Å². The summed E-state index contributed by atoms with van der Waals surface area (Å²) in [5.41, 5.74) is 0.798. The molecule has 1 atom stereocenters. The average molecular weight is 363 g/mol. The highest BCUT2D eigenvalue weighted by atomic mass is 79.9. The first kappa shape index (κ1) is 15.4. The monoisotopic (exact) mass is 362 g/mol. The maximum absolute atomic E-state index is 12.2. The van der Waals surface area contributed by atoms with Gasteiger partial charge in [0.1, 0.15) is 11.8 Å². The van der Waals surface area contributed by atoms with Crippen molar-refractivity contribution in [1.29, 1.82) is 5.26 Å². The summed E-state index contributed by atoms with van der Waals surface area (Å²) in [6.07, 6.45) is 0. The van der Waals surface area contributed by atoms with E-state index in [4.69, 9.17) is 5.26 Å². The number of anilines is 1. The first-order valence-electron chi connectivity index (χ1n) is 6.03. The third kappa shape index (κ3) is 4.00. The first-order chi connectivity index (χ1) is 10.1. The molecule has 2 aromatic rings. The molecule has 0 spiro atoms. The van der Waals surface area contributed by atoms with Crippen molar-refractivity contribution in [2.24, 2.45) is 0 Å². The largest absolute Gasteiger partial charge is 0.324 e. The number of nitriles is 1. The third-order valence-electron chi connectivity index (χ3n) is 2.67. The van der Waals surface area contributed by atoms with E-state index in [1.54, 1.807) is 42.5 Å². The maximum atomic E-state index is 12.2. The lowest BCUT2D eigenvalue weighted by Crippen LogP contribution is -2.20. The van der Waals surface area contributed by atoms with Gasteiger partial charge in [0.05, 0.1) is 26.9 Å². The van der Waals surface area contributed by atoms with Crippen LogP contribution in [0.5, 0.6) is 0 Å². The molecular weight excluding hydrogens is 352 g/mol. The van der Waals surface area contributed by atoms with E-state index in [1.165, 1.54) is 0 Å². The topological polar surface area (TPSA) is 70.0 Å². The van der Waals surface area contributed by atoms with Crippen LogP contribution in [0.3, 0.4) is 0 Å². The van der Waals surface area contributed by atoms with Crippen LogP contribution < -0.4 is 5.32 Å². The number of benzene rings is 2. The molecule has 1 amide bonds. The number of nitrogens with zero attached hydrogens (tertiary/aromatic N) is 1. The van der Waals surface area contributed by atoms with Crippen molar-refractivity contribution in [3.8, 4) is 6.07 Å². The van der Waals surface area contributed by atoms with Gasteiger partial charge in [0.2, 0.25) is 5.91 Å². The SMILES string of the molecule is N#Cc1ccccc1NC(=O)CS(=O)c1ccccc1Br. The molecule has 0 saturated heterocycles. The Bertz CT molecular complexity index is 740. The van der Waals surface area contributed by atoms with Crippen LogP contribution in [-0.4, -0.2) is 15.9 Å². The number of nitrogens with one attached hydrogen (secondary N) is 1. The second kappa shape index (κ2) is 7.16. The van der Waals surface area contributed by atoms with Crippen LogP contribution in [0.25, 0.3) is 0 Å². The molecule has 0 aliphatic rings. The molecule has 0 fully saturated rings. The van der Waals surface area contributed by atoms with Crippen molar-refractivity contribution < 1.29 is 9.00 Å². The highest BCUT2D eigenvalue weighted by Crippen LogP contribution is 2.20. The number of para-hydroxylation sites is 1. The summed E-state index contributed by atoms with van der Waals surface area (Å²) < 4.78 is 12.9. The van der Waals surface area contributed by atoms with Gasteiger partial charge in [0.15, 0.2) is 0 Å². The van der Waals surface area contributed by atoms with E-state index >= 15 is 0 Å². The van der Waals surface area contributed by atoms with Crippen LogP contribution in [-0.2, 0) is 15.6 Å². The summed E-state index contributed by atoms with van der Waals surface area (Å²) in [7, 11) is -1.45. The second-order valence-corrected chi connectivity index (χ2v) is 6.40. The molecule has 1 unspecified atom stereocenters. The quantitative estimate of drug-likeness (QED) is 0.908. The molecular formula is C15H11BrN2O2S. The minimum atomic E-state index is -1.45. The standard InChI is InChI=1S/C15H11BrN2O2S/c16-12-6-2-4-8-14(12)21(20)10-15(19)18-13-7-3-1-5-11(13)9-17/h1-8H,10H2,(H,18,19). The van der Waals surface area contributed by atoms with Crippen LogP contribution in [0.4, 0.5) is 5.69 Å². The second-order valence-electron chi connectivity index (χ2n) is 4.13. The molecule has 106 valence electrons. The van der Waals surface area contributed by atoms with Gasteiger partial charge in [0, 0.05) is 4.47 Å². The number of carbonyl (C=O) groups is 1. The molecule has 0 saturated carbocycles. The molecule has 1 N–H and O–H groups in total. The fraction of sp³-hybridized carbons (Fsp3) is 0.0667. The van der Waals surface area contributed by atoms with Crippen molar-refractivity contribution >= 4 is 38.3 Å². The molecule has 2 aromatic carbocycles. The molecule has 4 nitrogen and oxygen atoms in total. The van der Waals surface area contributed by atoms with E-state index in [0.29, 0.717) is 20.6 Å². The predicted molar refractivity (Wildman–Crippen MR) is 85.2 cm³/mol. The summed E-state index contributed by atoms with van der Waals surface area (Å²) in [5.74, 6) is -0.561. The Morgan fingerprint density at radius 1 is 1.19 bits per heavy atom. The van der Waals surface area contributed by atoms with Gasteiger partial charge in [-0.15, -0.1) is 0 Å². The normalized spacial score (nSPS) is 11.4. The van der Waals surface area contributed by atoms with Crippen LogP contribution in [0.1, 0.15) is 5.56 Å². The van der Waals surface area contributed by atoms with Crippen molar-refractivity contribution in [3.05, 3.63) is 58.6 Å². The minimum absolute atomic E-state index is 0.164. The van der Waals surface area contributed by atoms with Gasteiger partial charge in [0.25, 0.3) is 0 Å². The zero-order valence-corrected chi connectivity index (χ0v) is 13.3. The van der Waals surface area contributed by atoms with Crippen molar-refractivity contribution in [3.63, 3.8) is 0 Å². The van der Waals surface area contributed by atoms with E-state index in [-0.39, 0.29) is 5.75 Å². The Morgan fingerprint density at radius 2 is 1.86 bits per heavy atom. The lowest BCUT2D eigenvalue weighted by molar-refractivity contribution is -0.113. The highest BCUT2D eigenvalue weighted by Gasteiger charge is 2.13. The lowest BCUT2D eigenvalue weighted by Gasteiger charge is -2.07. The van der Waals surface area contributed by atoms with Gasteiger partial charge in [-0.1, -0.05) is 24.3 Å². The van der Waals surface area contributed by atoms with Crippen LogP contribution >= 0.6 is 15.9 Å². The van der Waals surface area contributed by atoms with Gasteiger partial charge >= 0.3 is 0 Å². The van der Waals surface area contributed by atoms with Crippen LogP contribution in [0.15, 0.2) is 57.9 Å². The van der Waals surface area contributed by atoms with E-state index < -0.39 is 16.7 Å². The minimum Gasteiger partial charge on any atom is -0.324 e. The highest BCUT2D eigenvalue weighted by molar-refractivity contribution is 9.10. The molecule has 0 aliphatic heterocycles. The van der Waals surface area contributed by atoms with Crippen LogP contribution in [0.2, 0.25) is 0 Å². The zero-order valence-electron chi connectivity index (χ0n) is 10.9. The molecule has 0 aromatic heterocycles. The Balaban J connectivity index is 2.08. The Kier molecular flexibility index (Phi) is 5.26. The Hall–Kier alpha value is -1.97. The Labute approximate surface area is 133 Å². The lowest BCUT2D eigenvalue weighted by atomic mass is 10.2. The predicted octanol–water partition coefficient (Wildman–Crippen LogP) is 3.07. The van der Waals surface area contributed by atoms with Gasteiger partial charge < -0.3 is 5.32 Å².